The molecule has 10 N–H and O–H groups in total. The average molecular weight is 224 g/mol. The van der Waals surface area contributed by atoms with Crippen LogP contribution in [0.1, 0.15) is 0 Å². The van der Waals surface area contributed by atoms with Gasteiger partial charge in [0.15, 0.2) is 0 Å². The molecule has 0 rings (SSSR count). The van der Waals surface area contributed by atoms with E-state index in [2.05, 4.69) is 0 Å². The molecule has 0 saturated carbocycles. The monoisotopic (exact) mass is 224 g/mol. The van der Waals surface area contributed by atoms with Crippen molar-refractivity contribution in [3.63, 3.8) is 0 Å². The Morgan fingerprint density at radius 2 is 1.00 bits per heavy atom. The van der Waals surface area contributed by atoms with E-state index in [9.17, 15) is 0 Å². The van der Waals surface area contributed by atoms with Crippen LogP contribution in [0, 0.1) is 0 Å². The number of hydrogen-bond donors (Lipinski definition) is 2. The van der Waals surface area contributed by atoms with Crippen LogP contribution in [0.4, 0.5) is 0 Å². The first-order valence-corrected chi connectivity index (χ1v) is 2.30. The zero-order valence-corrected chi connectivity index (χ0v) is 6.61. The second-order valence-electron chi connectivity index (χ2n) is 0.491. The third-order valence-electron chi connectivity index (χ3n) is 0. The molecule has 0 bridgehead atoms. The molecule has 1 radical (unpaired) electrons. The van der Waals surface area contributed by atoms with Gasteiger partial charge in [0, 0.05) is 0 Å². The van der Waals surface area contributed by atoms with Gasteiger partial charge < -0.3 is 36.6 Å². The number of hydrogen-bond acceptors (Lipinski definition) is 2. The predicted octanol–water partition coefficient (Wildman–Crippen LogP) is -4.86. The number of rotatable bonds is 0. The van der Waals surface area contributed by atoms with Gasteiger partial charge in [0.1, 0.15) is 0 Å². The molecule has 0 aromatic carbocycles. The van der Waals surface area contributed by atoms with Crippen molar-refractivity contribution in [3.05, 3.63) is 0 Å². The van der Waals surface area contributed by atoms with Crippen molar-refractivity contribution >= 4 is 7.82 Å². The van der Waals surface area contributed by atoms with E-state index in [-0.39, 0.29) is 39.0 Å². The Morgan fingerprint density at radius 1 is 1.00 bits per heavy atom. The van der Waals surface area contributed by atoms with Crippen LogP contribution >= 0.6 is 7.82 Å². The molecule has 0 amide bonds. The second-order valence-corrected chi connectivity index (χ2v) is 1.47. The summed E-state index contributed by atoms with van der Waals surface area (Å²) in [6.07, 6.45) is 0. The van der Waals surface area contributed by atoms with Crippen LogP contribution in [-0.4, -0.2) is 31.7 Å². The molecule has 0 aliphatic rings. The molecule has 8 nitrogen and oxygen atoms in total. The second kappa shape index (κ2) is 16.2. The van der Waals surface area contributed by atoms with Gasteiger partial charge in [-0.05, 0) is 0 Å². The van der Waals surface area contributed by atoms with Gasteiger partial charge in [0.05, 0.1) is 0 Å². The molecule has 0 unspecified atom stereocenters. The first-order valence-electron chi connectivity index (χ1n) is 0.765. The Balaban J connectivity index is -0.00000000800. The summed E-state index contributed by atoms with van der Waals surface area (Å²) in [5.41, 5.74) is 0. The van der Waals surface area contributed by atoms with Crippen molar-refractivity contribution < 1.29 is 58.2 Å². The van der Waals surface area contributed by atoms with Crippen molar-refractivity contribution in [2.75, 3.05) is 0 Å². The molecule has 10 heavy (non-hydrogen) atoms. The third kappa shape index (κ3) is 2140. The summed E-state index contributed by atoms with van der Waals surface area (Å²) in [5, 5.41) is 0. The molecule has 10 heteroatoms. The fraction of sp³-hybridized carbons (Fsp3) is 0. The normalized spacial score (nSPS) is 5.90. The molecule has 69 valence electrons. The van der Waals surface area contributed by atoms with E-state index in [1.807, 2.05) is 0 Å². The molecule has 0 heterocycles. The third-order valence-corrected chi connectivity index (χ3v) is 0. The van der Waals surface area contributed by atoms with Crippen LogP contribution < -0.4 is 4.89 Å². The first kappa shape index (κ1) is 47.0. The fourth-order valence-corrected chi connectivity index (χ4v) is 0. The maximum Gasteiger partial charge on any atom is 2.00 e. The van der Waals surface area contributed by atoms with E-state index >= 15 is 0 Å². The van der Waals surface area contributed by atoms with E-state index in [0.29, 0.717) is 0 Å². The van der Waals surface area contributed by atoms with E-state index < -0.39 is 7.82 Å². The van der Waals surface area contributed by atoms with Gasteiger partial charge in [0.25, 0.3) is 7.82 Å². The van der Waals surface area contributed by atoms with Gasteiger partial charge in [-0.2, -0.15) is 0 Å². The summed E-state index contributed by atoms with van der Waals surface area (Å²) in [6.45, 7) is 0. The standard InChI is InChI=1S/Mn.H3O4P.4H2O/c;1-5(2,3)4;;;;/h;(H3,1,2,3,4);4*1H2/q+2;;;;;/p-1. The molecule has 0 saturated heterocycles. The Kier molecular flexibility index (Phi) is 76.3. The van der Waals surface area contributed by atoms with Crippen molar-refractivity contribution in [1.29, 1.82) is 0 Å². The smallest absolute Gasteiger partial charge is 0.756 e. The van der Waals surface area contributed by atoms with Gasteiger partial charge in [-0.15, -0.1) is 0 Å². The van der Waals surface area contributed by atoms with Crippen molar-refractivity contribution in [2.24, 2.45) is 0 Å². The molecule has 0 aromatic heterocycles. The number of phosphoric acid groups is 1. The molecule has 0 spiro atoms. The van der Waals surface area contributed by atoms with Crippen molar-refractivity contribution in [1.82, 2.24) is 0 Å². The van der Waals surface area contributed by atoms with Gasteiger partial charge in [-0.3, -0.25) is 4.57 Å². The summed E-state index contributed by atoms with van der Waals surface area (Å²) in [4.78, 5) is 22.9. The largest absolute Gasteiger partial charge is 2.00 e. The topological polar surface area (TPSA) is 207 Å². The van der Waals surface area contributed by atoms with Gasteiger partial charge in [-0.25, -0.2) is 0 Å². The van der Waals surface area contributed by atoms with Gasteiger partial charge >= 0.3 is 17.1 Å². The minimum absolute atomic E-state index is 0. The fourth-order valence-electron chi connectivity index (χ4n) is 0. The Labute approximate surface area is 66.8 Å². The molecule has 0 fully saturated rings. The van der Waals surface area contributed by atoms with Crippen LogP contribution in [0.5, 0.6) is 0 Å². The SMILES string of the molecule is O.O.O.O.O=P([O-])(O)O.[Mn+2]. The van der Waals surface area contributed by atoms with Crippen LogP contribution in [0.15, 0.2) is 0 Å². The maximum absolute atomic E-state index is 8.77. The predicted molar refractivity (Wildman–Crippen MR) is 26.5 cm³/mol. The van der Waals surface area contributed by atoms with Gasteiger partial charge in [-0.1, -0.05) is 0 Å². The van der Waals surface area contributed by atoms with Crippen molar-refractivity contribution in [3.8, 4) is 0 Å². The average Bonchev–Trinajstić information content (AvgIpc) is 0.722. The van der Waals surface area contributed by atoms with E-state index in [1.165, 1.54) is 0 Å². The summed E-state index contributed by atoms with van der Waals surface area (Å²) in [7, 11) is -4.89. The van der Waals surface area contributed by atoms with Gasteiger partial charge in [0.2, 0.25) is 0 Å². The van der Waals surface area contributed by atoms with Crippen LogP contribution in [0.3, 0.4) is 0 Å². The molecule has 0 atom stereocenters. The molecule has 0 aliphatic carbocycles. The first-order chi connectivity index (χ1) is 2.00. The zero-order chi connectivity index (χ0) is 4.50. The Morgan fingerprint density at radius 3 is 1.00 bits per heavy atom. The Hall–Kier alpha value is 0.469. The molecule has 0 aliphatic heterocycles. The summed E-state index contributed by atoms with van der Waals surface area (Å²) >= 11 is 0. The van der Waals surface area contributed by atoms with E-state index in [4.69, 9.17) is 19.2 Å². The van der Waals surface area contributed by atoms with E-state index in [1.54, 1.807) is 0 Å². The minimum atomic E-state index is -4.89. The van der Waals surface area contributed by atoms with Crippen LogP contribution in [0.25, 0.3) is 0 Å². The van der Waals surface area contributed by atoms with Crippen molar-refractivity contribution in [2.45, 2.75) is 0 Å². The Bertz CT molecular complexity index is 55.4. The summed E-state index contributed by atoms with van der Waals surface area (Å²) in [5.74, 6) is 0. The molecular weight excluding hydrogens is 214 g/mol. The molecular formula is H10MnO8P+. The maximum atomic E-state index is 8.77. The van der Waals surface area contributed by atoms with Crippen LogP contribution in [-0.2, 0) is 21.6 Å². The molecule has 0 aromatic rings. The van der Waals surface area contributed by atoms with Crippen LogP contribution in [0.2, 0.25) is 0 Å². The minimum Gasteiger partial charge on any atom is -0.756 e. The quantitative estimate of drug-likeness (QED) is 0.306. The summed E-state index contributed by atoms with van der Waals surface area (Å²) in [6, 6.07) is 0. The van der Waals surface area contributed by atoms with E-state index in [0.717, 1.165) is 0 Å². The summed E-state index contributed by atoms with van der Waals surface area (Å²) < 4.78 is 8.77. The zero-order valence-electron chi connectivity index (χ0n) is 4.54.